The number of aromatic amines is 1. The number of aromatic nitrogens is 3. The standard InChI is InChI=1S/C11H13FN4O/c1-13-10(11-14-6-15-16-11)7-3-4-9(17-2)8(12)5-7/h3-6,10,13H,1-2H3,(H,14,15,16). The van der Waals surface area contributed by atoms with Gasteiger partial charge in [-0.25, -0.2) is 9.37 Å². The molecule has 2 aromatic rings. The number of nitrogens with zero attached hydrogens (tertiary/aromatic N) is 2. The van der Waals surface area contributed by atoms with Crippen molar-refractivity contribution in [3.8, 4) is 5.75 Å². The van der Waals surface area contributed by atoms with Crippen molar-refractivity contribution in [2.45, 2.75) is 6.04 Å². The summed E-state index contributed by atoms with van der Waals surface area (Å²) >= 11 is 0. The van der Waals surface area contributed by atoms with Gasteiger partial charge in [0.2, 0.25) is 0 Å². The summed E-state index contributed by atoms with van der Waals surface area (Å²) in [6.45, 7) is 0. The highest BCUT2D eigenvalue weighted by Crippen LogP contribution is 2.24. The zero-order chi connectivity index (χ0) is 12.3. The van der Waals surface area contributed by atoms with E-state index in [9.17, 15) is 4.39 Å². The maximum Gasteiger partial charge on any atom is 0.165 e. The lowest BCUT2D eigenvalue weighted by atomic mass is 10.1. The molecule has 0 radical (unpaired) electrons. The molecular weight excluding hydrogens is 223 g/mol. The van der Waals surface area contributed by atoms with Crippen LogP contribution in [0.25, 0.3) is 0 Å². The Kier molecular flexibility index (Phi) is 3.34. The van der Waals surface area contributed by atoms with Crippen molar-refractivity contribution < 1.29 is 9.13 Å². The van der Waals surface area contributed by atoms with Gasteiger partial charge in [0.1, 0.15) is 12.2 Å². The van der Waals surface area contributed by atoms with E-state index in [-0.39, 0.29) is 11.8 Å². The highest BCUT2D eigenvalue weighted by atomic mass is 19.1. The number of ether oxygens (including phenoxy) is 1. The van der Waals surface area contributed by atoms with Crippen LogP contribution in [-0.4, -0.2) is 29.3 Å². The van der Waals surface area contributed by atoms with Crippen LogP contribution in [0.1, 0.15) is 17.4 Å². The van der Waals surface area contributed by atoms with E-state index >= 15 is 0 Å². The molecule has 0 spiro atoms. The third kappa shape index (κ3) is 2.26. The van der Waals surface area contributed by atoms with Crippen LogP contribution in [0.3, 0.4) is 0 Å². The smallest absolute Gasteiger partial charge is 0.165 e. The monoisotopic (exact) mass is 236 g/mol. The van der Waals surface area contributed by atoms with Crippen LogP contribution in [0.4, 0.5) is 4.39 Å². The summed E-state index contributed by atoms with van der Waals surface area (Å²) < 4.78 is 18.5. The van der Waals surface area contributed by atoms with Gasteiger partial charge >= 0.3 is 0 Å². The van der Waals surface area contributed by atoms with Gasteiger partial charge in [0.15, 0.2) is 11.6 Å². The van der Waals surface area contributed by atoms with Gasteiger partial charge in [0, 0.05) is 0 Å². The molecule has 1 aromatic carbocycles. The Bertz CT molecular complexity index is 486. The Hall–Kier alpha value is -1.95. The normalized spacial score (nSPS) is 12.4. The minimum absolute atomic E-state index is 0.223. The minimum atomic E-state index is -0.398. The Balaban J connectivity index is 2.35. The third-order valence-corrected chi connectivity index (χ3v) is 2.50. The van der Waals surface area contributed by atoms with Crippen LogP contribution in [-0.2, 0) is 0 Å². The Labute approximate surface area is 98.0 Å². The molecule has 0 aliphatic rings. The molecule has 5 nitrogen and oxygen atoms in total. The highest BCUT2D eigenvalue weighted by molar-refractivity contribution is 5.33. The second-order valence-corrected chi connectivity index (χ2v) is 3.49. The highest BCUT2D eigenvalue weighted by Gasteiger charge is 2.16. The van der Waals surface area contributed by atoms with E-state index in [1.54, 1.807) is 19.2 Å². The maximum absolute atomic E-state index is 13.6. The summed E-state index contributed by atoms with van der Waals surface area (Å²) in [6.07, 6.45) is 1.42. The Morgan fingerprint density at radius 2 is 2.29 bits per heavy atom. The largest absolute Gasteiger partial charge is 0.494 e. The SMILES string of the molecule is CNC(c1ccc(OC)c(F)c1)c1ncn[nH]1. The van der Waals surface area contributed by atoms with E-state index in [2.05, 4.69) is 20.5 Å². The van der Waals surface area contributed by atoms with Crippen LogP contribution in [0, 0.1) is 5.82 Å². The van der Waals surface area contributed by atoms with Crippen molar-refractivity contribution in [1.82, 2.24) is 20.5 Å². The number of H-pyrrole nitrogens is 1. The molecule has 17 heavy (non-hydrogen) atoms. The number of halogens is 1. The zero-order valence-electron chi connectivity index (χ0n) is 9.57. The lowest BCUT2D eigenvalue weighted by Crippen LogP contribution is -2.19. The first kappa shape index (κ1) is 11.5. The van der Waals surface area contributed by atoms with Gasteiger partial charge in [-0.1, -0.05) is 6.07 Å². The molecule has 0 bridgehead atoms. The maximum atomic E-state index is 13.6. The zero-order valence-corrected chi connectivity index (χ0v) is 9.57. The Morgan fingerprint density at radius 3 is 2.82 bits per heavy atom. The van der Waals surface area contributed by atoms with Gasteiger partial charge in [-0.05, 0) is 24.7 Å². The average molecular weight is 236 g/mol. The van der Waals surface area contributed by atoms with E-state index in [4.69, 9.17) is 4.74 Å². The van der Waals surface area contributed by atoms with E-state index in [0.717, 1.165) is 5.56 Å². The topological polar surface area (TPSA) is 62.8 Å². The first-order chi connectivity index (χ1) is 8.26. The predicted molar refractivity (Wildman–Crippen MR) is 60.2 cm³/mol. The van der Waals surface area contributed by atoms with Crippen molar-refractivity contribution in [2.75, 3.05) is 14.2 Å². The molecule has 0 fully saturated rings. The predicted octanol–water partition coefficient (Wildman–Crippen LogP) is 1.26. The fourth-order valence-corrected chi connectivity index (χ4v) is 1.68. The summed E-state index contributed by atoms with van der Waals surface area (Å²) in [6, 6.07) is 4.57. The first-order valence-electron chi connectivity index (χ1n) is 5.12. The molecule has 1 unspecified atom stereocenters. The minimum Gasteiger partial charge on any atom is -0.494 e. The van der Waals surface area contributed by atoms with Gasteiger partial charge in [0.25, 0.3) is 0 Å². The van der Waals surface area contributed by atoms with Crippen LogP contribution < -0.4 is 10.1 Å². The van der Waals surface area contributed by atoms with E-state index in [1.165, 1.54) is 19.5 Å². The average Bonchev–Trinajstić information content (AvgIpc) is 2.84. The summed E-state index contributed by atoms with van der Waals surface area (Å²) in [5.41, 5.74) is 0.752. The van der Waals surface area contributed by atoms with E-state index in [0.29, 0.717) is 5.82 Å². The molecule has 0 amide bonds. The first-order valence-corrected chi connectivity index (χ1v) is 5.12. The molecule has 0 aliphatic heterocycles. The number of rotatable bonds is 4. The molecule has 90 valence electrons. The van der Waals surface area contributed by atoms with Crippen LogP contribution in [0.5, 0.6) is 5.75 Å². The summed E-state index contributed by atoms with van der Waals surface area (Å²) in [5, 5.41) is 9.58. The second-order valence-electron chi connectivity index (χ2n) is 3.49. The molecule has 2 rings (SSSR count). The van der Waals surface area contributed by atoms with Gasteiger partial charge in [-0.2, -0.15) is 5.10 Å². The molecule has 1 aromatic heterocycles. The van der Waals surface area contributed by atoms with Crippen molar-refractivity contribution in [2.24, 2.45) is 0 Å². The summed E-state index contributed by atoms with van der Waals surface area (Å²) in [5.74, 6) is 0.461. The number of nitrogens with one attached hydrogen (secondary N) is 2. The number of hydrogen-bond donors (Lipinski definition) is 2. The summed E-state index contributed by atoms with van der Waals surface area (Å²) in [4.78, 5) is 4.05. The lowest BCUT2D eigenvalue weighted by molar-refractivity contribution is 0.385. The molecule has 2 N–H and O–H groups in total. The Morgan fingerprint density at radius 1 is 1.47 bits per heavy atom. The number of methoxy groups -OCH3 is 1. The number of hydrogen-bond acceptors (Lipinski definition) is 4. The van der Waals surface area contributed by atoms with Crippen molar-refractivity contribution in [3.05, 3.63) is 41.7 Å². The quantitative estimate of drug-likeness (QED) is 0.839. The van der Waals surface area contributed by atoms with Crippen molar-refractivity contribution in [3.63, 3.8) is 0 Å². The van der Waals surface area contributed by atoms with Gasteiger partial charge in [0.05, 0.1) is 13.2 Å². The molecule has 6 heteroatoms. The van der Waals surface area contributed by atoms with Crippen molar-refractivity contribution in [1.29, 1.82) is 0 Å². The molecular formula is C11H13FN4O. The van der Waals surface area contributed by atoms with Crippen LogP contribution in [0.2, 0.25) is 0 Å². The van der Waals surface area contributed by atoms with Gasteiger partial charge in [-0.3, -0.25) is 5.10 Å². The second kappa shape index (κ2) is 4.92. The van der Waals surface area contributed by atoms with Crippen molar-refractivity contribution >= 4 is 0 Å². The van der Waals surface area contributed by atoms with Crippen LogP contribution >= 0.6 is 0 Å². The van der Waals surface area contributed by atoms with Gasteiger partial charge < -0.3 is 10.1 Å². The van der Waals surface area contributed by atoms with E-state index < -0.39 is 5.82 Å². The van der Waals surface area contributed by atoms with E-state index in [1.807, 2.05) is 0 Å². The summed E-state index contributed by atoms with van der Waals surface area (Å²) in [7, 11) is 3.21. The number of benzene rings is 1. The molecule has 0 saturated heterocycles. The van der Waals surface area contributed by atoms with Crippen LogP contribution in [0.15, 0.2) is 24.5 Å². The molecule has 0 saturated carbocycles. The third-order valence-electron chi connectivity index (χ3n) is 2.50. The lowest BCUT2D eigenvalue weighted by Gasteiger charge is -2.14. The molecule has 1 heterocycles. The fourth-order valence-electron chi connectivity index (χ4n) is 1.68. The van der Waals surface area contributed by atoms with Gasteiger partial charge in [-0.15, -0.1) is 0 Å². The molecule has 1 atom stereocenters. The fraction of sp³-hybridized carbons (Fsp3) is 0.273. The molecule has 0 aliphatic carbocycles.